The second kappa shape index (κ2) is 6.21. The smallest absolute Gasteiger partial charge is 0.317 e. The molecule has 0 saturated heterocycles. The molecule has 0 aliphatic carbocycles. The van der Waals surface area contributed by atoms with Crippen LogP contribution >= 0.6 is 0 Å². The van der Waals surface area contributed by atoms with E-state index >= 15 is 0 Å². The Labute approximate surface area is 102 Å². The van der Waals surface area contributed by atoms with Crippen molar-refractivity contribution in [1.82, 2.24) is 4.90 Å². The lowest BCUT2D eigenvalue weighted by atomic mass is 10.0. The molecule has 1 unspecified atom stereocenters. The van der Waals surface area contributed by atoms with Gasteiger partial charge in [0.25, 0.3) is 0 Å². The highest BCUT2D eigenvalue weighted by Gasteiger charge is 2.18. The molecule has 1 aromatic carbocycles. The first-order chi connectivity index (χ1) is 8.06. The van der Waals surface area contributed by atoms with E-state index in [-0.39, 0.29) is 12.6 Å². The van der Waals surface area contributed by atoms with Gasteiger partial charge >= 0.3 is 5.97 Å². The van der Waals surface area contributed by atoms with Gasteiger partial charge in [0.1, 0.15) is 0 Å². The fourth-order valence-electron chi connectivity index (χ4n) is 1.95. The number of carbonyl (C=O) groups is 1. The van der Waals surface area contributed by atoms with Gasteiger partial charge in [-0.25, -0.2) is 0 Å². The van der Waals surface area contributed by atoms with Crippen LogP contribution in [0.4, 0.5) is 0 Å². The summed E-state index contributed by atoms with van der Waals surface area (Å²) in [6.07, 6.45) is 1.73. The number of rotatable bonds is 6. The Hall–Kier alpha value is -1.61. The molecule has 0 heterocycles. The standard InChI is InChI=1S/C14H19NO2/c1-4-9-15(10-14(16)17)12(3)13-8-6-5-7-11(13)2/h4-8,12H,1,9-10H2,2-3H3,(H,16,17). The molecule has 0 aromatic heterocycles. The summed E-state index contributed by atoms with van der Waals surface area (Å²) in [6, 6.07) is 8.12. The van der Waals surface area contributed by atoms with Crippen molar-refractivity contribution in [2.45, 2.75) is 19.9 Å². The van der Waals surface area contributed by atoms with E-state index < -0.39 is 5.97 Å². The SMILES string of the molecule is C=CCN(CC(=O)O)C(C)c1ccccc1C. The Morgan fingerprint density at radius 1 is 1.53 bits per heavy atom. The molecule has 17 heavy (non-hydrogen) atoms. The number of carboxylic acid groups (broad SMARTS) is 1. The molecule has 3 nitrogen and oxygen atoms in total. The number of hydrogen-bond donors (Lipinski definition) is 1. The first kappa shape index (κ1) is 13.5. The third kappa shape index (κ3) is 3.71. The summed E-state index contributed by atoms with van der Waals surface area (Å²) >= 11 is 0. The molecule has 1 rings (SSSR count). The Balaban J connectivity index is 2.90. The van der Waals surface area contributed by atoms with Gasteiger partial charge in [-0.1, -0.05) is 30.3 Å². The first-order valence-electron chi connectivity index (χ1n) is 5.68. The van der Waals surface area contributed by atoms with Crippen molar-refractivity contribution in [3.8, 4) is 0 Å². The molecule has 0 spiro atoms. The van der Waals surface area contributed by atoms with Crippen LogP contribution in [0.15, 0.2) is 36.9 Å². The number of benzene rings is 1. The average Bonchev–Trinajstić information content (AvgIpc) is 2.28. The van der Waals surface area contributed by atoms with E-state index in [1.807, 2.05) is 43.0 Å². The zero-order valence-corrected chi connectivity index (χ0v) is 10.4. The minimum absolute atomic E-state index is 0.0293. The molecule has 0 aliphatic heterocycles. The van der Waals surface area contributed by atoms with Crippen LogP contribution in [-0.4, -0.2) is 29.1 Å². The van der Waals surface area contributed by atoms with E-state index in [1.165, 1.54) is 5.56 Å². The monoisotopic (exact) mass is 233 g/mol. The minimum Gasteiger partial charge on any atom is -0.480 e. The molecule has 0 radical (unpaired) electrons. The van der Waals surface area contributed by atoms with Crippen LogP contribution in [0.2, 0.25) is 0 Å². The van der Waals surface area contributed by atoms with Crippen LogP contribution in [-0.2, 0) is 4.79 Å². The zero-order chi connectivity index (χ0) is 12.8. The van der Waals surface area contributed by atoms with Crippen molar-refractivity contribution in [3.63, 3.8) is 0 Å². The Kier molecular flexibility index (Phi) is 4.91. The maximum atomic E-state index is 10.8. The van der Waals surface area contributed by atoms with Gasteiger partial charge in [-0.2, -0.15) is 0 Å². The van der Waals surface area contributed by atoms with Gasteiger partial charge in [-0.3, -0.25) is 9.69 Å². The fraction of sp³-hybridized carbons (Fsp3) is 0.357. The van der Waals surface area contributed by atoms with Gasteiger partial charge < -0.3 is 5.11 Å². The molecule has 0 amide bonds. The second-order valence-corrected chi connectivity index (χ2v) is 4.14. The molecular weight excluding hydrogens is 214 g/mol. The van der Waals surface area contributed by atoms with E-state index in [1.54, 1.807) is 6.08 Å². The van der Waals surface area contributed by atoms with Crippen molar-refractivity contribution >= 4 is 5.97 Å². The molecular formula is C14H19NO2. The van der Waals surface area contributed by atoms with Crippen LogP contribution in [0.1, 0.15) is 24.1 Å². The Morgan fingerprint density at radius 2 is 2.18 bits per heavy atom. The van der Waals surface area contributed by atoms with Crippen LogP contribution in [0.5, 0.6) is 0 Å². The molecule has 1 aromatic rings. The highest BCUT2D eigenvalue weighted by Crippen LogP contribution is 2.22. The number of hydrogen-bond acceptors (Lipinski definition) is 2. The number of aliphatic carboxylic acids is 1. The lowest BCUT2D eigenvalue weighted by Crippen LogP contribution is -2.32. The van der Waals surface area contributed by atoms with Crippen LogP contribution in [0, 0.1) is 6.92 Å². The molecule has 92 valence electrons. The van der Waals surface area contributed by atoms with Crippen molar-refractivity contribution < 1.29 is 9.90 Å². The normalized spacial score (nSPS) is 12.4. The largest absolute Gasteiger partial charge is 0.480 e. The highest BCUT2D eigenvalue weighted by atomic mass is 16.4. The molecule has 0 aliphatic rings. The number of nitrogens with zero attached hydrogens (tertiary/aromatic N) is 1. The van der Waals surface area contributed by atoms with E-state index in [9.17, 15) is 4.79 Å². The van der Waals surface area contributed by atoms with E-state index in [4.69, 9.17) is 5.11 Å². The summed E-state index contributed by atoms with van der Waals surface area (Å²) in [5.74, 6) is -0.813. The minimum atomic E-state index is -0.813. The Morgan fingerprint density at radius 3 is 2.71 bits per heavy atom. The van der Waals surface area contributed by atoms with Crippen molar-refractivity contribution in [2.75, 3.05) is 13.1 Å². The molecule has 0 fully saturated rings. The quantitative estimate of drug-likeness (QED) is 0.768. The zero-order valence-electron chi connectivity index (χ0n) is 10.4. The van der Waals surface area contributed by atoms with Gasteiger partial charge in [0.15, 0.2) is 0 Å². The predicted octanol–water partition coefficient (Wildman–Crippen LogP) is 2.63. The van der Waals surface area contributed by atoms with Crippen LogP contribution in [0.3, 0.4) is 0 Å². The van der Waals surface area contributed by atoms with Crippen molar-refractivity contribution in [3.05, 3.63) is 48.0 Å². The average molecular weight is 233 g/mol. The lowest BCUT2D eigenvalue weighted by Gasteiger charge is -2.27. The lowest BCUT2D eigenvalue weighted by molar-refractivity contribution is -0.138. The maximum Gasteiger partial charge on any atom is 0.317 e. The molecule has 1 atom stereocenters. The third-order valence-corrected chi connectivity index (χ3v) is 2.89. The van der Waals surface area contributed by atoms with E-state index in [0.29, 0.717) is 6.54 Å². The summed E-state index contributed by atoms with van der Waals surface area (Å²) in [6.45, 7) is 8.34. The van der Waals surface area contributed by atoms with Crippen LogP contribution < -0.4 is 0 Å². The summed E-state index contributed by atoms with van der Waals surface area (Å²) in [7, 11) is 0. The summed E-state index contributed by atoms with van der Waals surface area (Å²) in [5.41, 5.74) is 2.34. The molecule has 1 N–H and O–H groups in total. The van der Waals surface area contributed by atoms with Gasteiger partial charge in [-0.05, 0) is 25.0 Å². The van der Waals surface area contributed by atoms with Gasteiger partial charge in [0, 0.05) is 12.6 Å². The highest BCUT2D eigenvalue weighted by molar-refractivity contribution is 5.69. The third-order valence-electron chi connectivity index (χ3n) is 2.89. The summed E-state index contributed by atoms with van der Waals surface area (Å²) < 4.78 is 0. The second-order valence-electron chi connectivity index (χ2n) is 4.14. The summed E-state index contributed by atoms with van der Waals surface area (Å²) in [5, 5.41) is 8.90. The van der Waals surface area contributed by atoms with E-state index in [2.05, 4.69) is 6.58 Å². The first-order valence-corrected chi connectivity index (χ1v) is 5.68. The molecule has 0 bridgehead atoms. The number of carboxylic acids is 1. The summed E-state index contributed by atoms with van der Waals surface area (Å²) in [4.78, 5) is 12.7. The van der Waals surface area contributed by atoms with E-state index in [0.717, 1.165) is 5.56 Å². The predicted molar refractivity (Wildman–Crippen MR) is 69.0 cm³/mol. The fourth-order valence-corrected chi connectivity index (χ4v) is 1.95. The van der Waals surface area contributed by atoms with Crippen molar-refractivity contribution in [1.29, 1.82) is 0 Å². The Bertz CT molecular complexity index is 401. The van der Waals surface area contributed by atoms with Gasteiger partial charge in [0.05, 0.1) is 6.54 Å². The van der Waals surface area contributed by atoms with Crippen molar-refractivity contribution in [2.24, 2.45) is 0 Å². The number of aryl methyl sites for hydroxylation is 1. The topological polar surface area (TPSA) is 40.5 Å². The maximum absolute atomic E-state index is 10.8. The van der Waals surface area contributed by atoms with Gasteiger partial charge in [0.2, 0.25) is 0 Å². The molecule has 3 heteroatoms. The van der Waals surface area contributed by atoms with Gasteiger partial charge in [-0.15, -0.1) is 6.58 Å². The molecule has 0 saturated carbocycles. The van der Waals surface area contributed by atoms with Crippen LogP contribution in [0.25, 0.3) is 0 Å².